The van der Waals surface area contributed by atoms with Gasteiger partial charge in [0.1, 0.15) is 0 Å². The Balaban J connectivity index is 2.22. The first-order valence-electron chi connectivity index (χ1n) is 6.83. The standard InChI is InChI=1S/C14H20N2O4S/c1-10-7-16(8-12(10)9-17)21(19,20)13-5-3-11(4-6-13)14(18)15-2/h3-6,10,12,17H,7-9H2,1-2H3,(H,15,18)/t10-,12+/m1/s1. The van der Waals surface area contributed by atoms with Gasteiger partial charge in [0.25, 0.3) is 5.91 Å². The summed E-state index contributed by atoms with van der Waals surface area (Å²) in [6, 6.07) is 5.87. The minimum atomic E-state index is -3.57. The zero-order valence-corrected chi connectivity index (χ0v) is 12.9. The molecule has 2 rings (SSSR count). The van der Waals surface area contributed by atoms with Gasteiger partial charge in [0, 0.05) is 32.3 Å². The van der Waals surface area contributed by atoms with Crippen molar-refractivity contribution in [2.24, 2.45) is 11.8 Å². The van der Waals surface area contributed by atoms with Gasteiger partial charge in [-0.1, -0.05) is 6.92 Å². The van der Waals surface area contributed by atoms with E-state index in [2.05, 4.69) is 5.32 Å². The summed E-state index contributed by atoms with van der Waals surface area (Å²) in [5, 5.41) is 11.7. The van der Waals surface area contributed by atoms with Gasteiger partial charge < -0.3 is 10.4 Å². The molecule has 1 amide bonds. The summed E-state index contributed by atoms with van der Waals surface area (Å²) < 4.78 is 26.5. The van der Waals surface area contributed by atoms with Gasteiger partial charge in [-0.15, -0.1) is 0 Å². The SMILES string of the molecule is CNC(=O)c1ccc(S(=O)(=O)N2C[C@@H](CO)[C@H](C)C2)cc1. The zero-order valence-electron chi connectivity index (χ0n) is 12.1. The molecule has 0 bridgehead atoms. The summed E-state index contributed by atoms with van der Waals surface area (Å²) in [5.74, 6) is -0.145. The summed E-state index contributed by atoms with van der Waals surface area (Å²) in [6.45, 7) is 2.66. The number of carbonyl (C=O) groups excluding carboxylic acids is 1. The lowest BCUT2D eigenvalue weighted by Crippen LogP contribution is -2.29. The maximum absolute atomic E-state index is 12.5. The van der Waals surface area contributed by atoms with E-state index in [1.165, 1.54) is 35.6 Å². The smallest absolute Gasteiger partial charge is 0.251 e. The van der Waals surface area contributed by atoms with Crippen LogP contribution in [0.5, 0.6) is 0 Å². The Bertz CT molecular complexity index is 612. The molecule has 7 heteroatoms. The first kappa shape index (κ1) is 15.9. The third kappa shape index (κ3) is 3.09. The number of hydrogen-bond donors (Lipinski definition) is 2. The predicted molar refractivity (Wildman–Crippen MR) is 78.3 cm³/mol. The summed E-state index contributed by atoms with van der Waals surface area (Å²) >= 11 is 0. The molecule has 0 unspecified atom stereocenters. The molecule has 1 aromatic rings. The lowest BCUT2D eigenvalue weighted by molar-refractivity contribution is 0.0963. The highest BCUT2D eigenvalue weighted by Gasteiger charge is 2.36. The highest BCUT2D eigenvalue weighted by Crippen LogP contribution is 2.28. The topological polar surface area (TPSA) is 86.7 Å². The first-order chi connectivity index (χ1) is 9.90. The van der Waals surface area contributed by atoms with Crippen LogP contribution in [0.2, 0.25) is 0 Å². The van der Waals surface area contributed by atoms with Gasteiger partial charge in [-0.3, -0.25) is 4.79 Å². The van der Waals surface area contributed by atoms with Crippen LogP contribution < -0.4 is 5.32 Å². The molecule has 2 atom stereocenters. The van der Waals surface area contributed by atoms with Gasteiger partial charge in [-0.25, -0.2) is 8.42 Å². The fourth-order valence-electron chi connectivity index (χ4n) is 2.49. The van der Waals surface area contributed by atoms with Crippen LogP contribution in [0.15, 0.2) is 29.2 Å². The molecular weight excluding hydrogens is 292 g/mol. The van der Waals surface area contributed by atoms with Crippen molar-refractivity contribution in [3.05, 3.63) is 29.8 Å². The average Bonchev–Trinajstić information content (AvgIpc) is 2.88. The van der Waals surface area contributed by atoms with Crippen molar-refractivity contribution in [1.29, 1.82) is 0 Å². The fourth-order valence-corrected chi connectivity index (χ4v) is 4.09. The molecule has 0 radical (unpaired) electrons. The van der Waals surface area contributed by atoms with E-state index in [1.807, 2.05) is 6.92 Å². The van der Waals surface area contributed by atoms with Crippen LogP contribution in [0.3, 0.4) is 0 Å². The van der Waals surface area contributed by atoms with Gasteiger partial charge in [0.15, 0.2) is 0 Å². The Labute approximate surface area is 124 Å². The molecule has 21 heavy (non-hydrogen) atoms. The average molecular weight is 312 g/mol. The number of nitrogens with one attached hydrogen (secondary N) is 1. The minimum absolute atomic E-state index is 0.0111. The van der Waals surface area contributed by atoms with Crippen molar-refractivity contribution in [1.82, 2.24) is 9.62 Å². The molecule has 1 aromatic carbocycles. The van der Waals surface area contributed by atoms with E-state index in [4.69, 9.17) is 0 Å². The van der Waals surface area contributed by atoms with E-state index in [0.717, 1.165) is 0 Å². The van der Waals surface area contributed by atoms with Crippen molar-refractivity contribution in [2.45, 2.75) is 11.8 Å². The van der Waals surface area contributed by atoms with E-state index in [-0.39, 0.29) is 29.2 Å². The second-order valence-corrected chi connectivity index (χ2v) is 7.28. The third-order valence-corrected chi connectivity index (χ3v) is 5.80. The molecule has 1 aliphatic heterocycles. The van der Waals surface area contributed by atoms with Crippen LogP contribution in [0.25, 0.3) is 0 Å². The Kier molecular flexibility index (Phi) is 4.65. The molecule has 0 saturated carbocycles. The number of nitrogens with zero attached hydrogens (tertiary/aromatic N) is 1. The van der Waals surface area contributed by atoms with Gasteiger partial charge >= 0.3 is 0 Å². The van der Waals surface area contributed by atoms with Crippen molar-refractivity contribution >= 4 is 15.9 Å². The highest BCUT2D eigenvalue weighted by atomic mass is 32.2. The molecule has 6 nitrogen and oxygen atoms in total. The molecule has 1 fully saturated rings. The molecular formula is C14H20N2O4S. The molecule has 1 aliphatic rings. The molecule has 2 N–H and O–H groups in total. The number of hydrogen-bond acceptors (Lipinski definition) is 4. The maximum Gasteiger partial charge on any atom is 0.251 e. The van der Waals surface area contributed by atoms with Crippen molar-refractivity contribution in [2.75, 3.05) is 26.7 Å². The van der Waals surface area contributed by atoms with Crippen LogP contribution in [-0.2, 0) is 10.0 Å². The summed E-state index contributed by atoms with van der Waals surface area (Å²) in [6.07, 6.45) is 0. The van der Waals surface area contributed by atoms with E-state index >= 15 is 0 Å². The van der Waals surface area contributed by atoms with Gasteiger partial charge in [-0.2, -0.15) is 4.31 Å². The van der Waals surface area contributed by atoms with Gasteiger partial charge in [0.05, 0.1) is 4.90 Å². The van der Waals surface area contributed by atoms with Crippen LogP contribution in [0.4, 0.5) is 0 Å². The molecule has 1 saturated heterocycles. The fraction of sp³-hybridized carbons (Fsp3) is 0.500. The van der Waals surface area contributed by atoms with E-state index in [9.17, 15) is 18.3 Å². The van der Waals surface area contributed by atoms with Crippen LogP contribution >= 0.6 is 0 Å². The van der Waals surface area contributed by atoms with Gasteiger partial charge in [-0.05, 0) is 36.1 Å². The Hall–Kier alpha value is -1.44. The lowest BCUT2D eigenvalue weighted by atomic mass is 10.00. The molecule has 0 aromatic heterocycles. The number of amides is 1. The summed E-state index contributed by atoms with van der Waals surface area (Å²) in [5.41, 5.74) is 0.416. The number of rotatable bonds is 4. The number of benzene rings is 1. The zero-order chi connectivity index (χ0) is 15.6. The molecule has 1 heterocycles. The van der Waals surface area contributed by atoms with Crippen molar-refractivity contribution in [3.63, 3.8) is 0 Å². The monoisotopic (exact) mass is 312 g/mol. The second-order valence-electron chi connectivity index (χ2n) is 5.35. The van der Waals surface area contributed by atoms with E-state index in [1.54, 1.807) is 0 Å². The predicted octanol–water partition coefficient (Wildman–Crippen LogP) is 0.295. The number of aliphatic hydroxyl groups excluding tert-OH is 1. The van der Waals surface area contributed by atoms with E-state index < -0.39 is 10.0 Å². The van der Waals surface area contributed by atoms with Gasteiger partial charge in [0.2, 0.25) is 10.0 Å². The number of carbonyl (C=O) groups is 1. The summed E-state index contributed by atoms with van der Waals surface area (Å²) in [4.78, 5) is 11.6. The third-order valence-electron chi connectivity index (χ3n) is 3.95. The molecule has 0 spiro atoms. The van der Waals surface area contributed by atoms with Crippen LogP contribution in [0, 0.1) is 11.8 Å². The van der Waals surface area contributed by atoms with Crippen LogP contribution in [-0.4, -0.2) is 50.5 Å². The molecule has 0 aliphatic carbocycles. The minimum Gasteiger partial charge on any atom is -0.396 e. The highest BCUT2D eigenvalue weighted by molar-refractivity contribution is 7.89. The largest absolute Gasteiger partial charge is 0.396 e. The Morgan fingerprint density at radius 3 is 2.43 bits per heavy atom. The van der Waals surface area contributed by atoms with Crippen molar-refractivity contribution < 1.29 is 18.3 Å². The molecule has 116 valence electrons. The lowest BCUT2D eigenvalue weighted by Gasteiger charge is -2.16. The Morgan fingerprint density at radius 1 is 1.33 bits per heavy atom. The summed E-state index contributed by atoms with van der Waals surface area (Å²) in [7, 11) is -2.05. The van der Waals surface area contributed by atoms with E-state index in [0.29, 0.717) is 18.7 Å². The number of sulfonamides is 1. The second kappa shape index (κ2) is 6.13. The van der Waals surface area contributed by atoms with Crippen molar-refractivity contribution in [3.8, 4) is 0 Å². The van der Waals surface area contributed by atoms with Crippen LogP contribution in [0.1, 0.15) is 17.3 Å². The normalized spacial score (nSPS) is 23.2. The number of aliphatic hydroxyl groups is 1. The Morgan fingerprint density at radius 2 is 1.95 bits per heavy atom. The quantitative estimate of drug-likeness (QED) is 0.837. The maximum atomic E-state index is 12.5. The first-order valence-corrected chi connectivity index (χ1v) is 8.27.